The van der Waals surface area contributed by atoms with Gasteiger partial charge >= 0.3 is 0 Å². The van der Waals surface area contributed by atoms with Crippen LogP contribution >= 0.6 is 0 Å². The summed E-state index contributed by atoms with van der Waals surface area (Å²) < 4.78 is 11.9. The lowest BCUT2D eigenvalue weighted by Crippen LogP contribution is -2.63. The predicted molar refractivity (Wildman–Crippen MR) is 128 cm³/mol. The number of rotatable bonds is 8. The average Bonchev–Trinajstić information content (AvgIpc) is 2.79. The van der Waals surface area contributed by atoms with E-state index in [0.29, 0.717) is 25.7 Å². The number of fused-ring (bicyclic) bond motifs is 1. The largest absolute Gasteiger partial charge is 0.394 e. The molecule has 3 aliphatic rings. The smallest absolute Gasteiger partial charge is 0.186 e. The highest BCUT2D eigenvalue weighted by molar-refractivity contribution is 5.11. The minimum atomic E-state index is -1.48. The number of hydrogen-bond donors (Lipinski definition) is 7. The summed E-state index contributed by atoms with van der Waals surface area (Å²) in [5, 5.41) is 70.5. The van der Waals surface area contributed by atoms with E-state index < -0.39 is 42.9 Å². The van der Waals surface area contributed by atoms with Crippen LogP contribution in [0.4, 0.5) is 0 Å². The van der Waals surface area contributed by atoms with Crippen molar-refractivity contribution in [2.45, 2.75) is 109 Å². The quantitative estimate of drug-likeness (QED) is 0.185. The molecule has 0 bridgehead atoms. The van der Waals surface area contributed by atoms with Gasteiger partial charge in [0.05, 0.1) is 31.5 Å². The van der Waals surface area contributed by atoms with Crippen molar-refractivity contribution < 1.29 is 45.2 Å². The molecule has 2 aliphatic carbocycles. The van der Waals surface area contributed by atoms with Crippen LogP contribution in [0.2, 0.25) is 0 Å². The highest BCUT2D eigenvalue weighted by Crippen LogP contribution is 2.63. The topological polar surface area (TPSA) is 160 Å². The summed E-state index contributed by atoms with van der Waals surface area (Å²) in [6.07, 6.45) is -1.03. The molecule has 1 aliphatic heterocycles. The molecule has 0 radical (unpaired) electrons. The number of aliphatic hydroxyl groups excluding tert-OH is 6. The van der Waals surface area contributed by atoms with Gasteiger partial charge in [0.2, 0.25) is 0 Å². The van der Waals surface area contributed by atoms with E-state index in [1.807, 2.05) is 6.92 Å². The molecular formula is C26H46O9. The zero-order chi connectivity index (χ0) is 26.2. The summed E-state index contributed by atoms with van der Waals surface area (Å²) in [7, 11) is 0. The second-order valence-electron chi connectivity index (χ2n) is 11.9. The molecule has 2 saturated carbocycles. The number of aliphatic hydroxyl groups is 7. The van der Waals surface area contributed by atoms with Crippen LogP contribution in [-0.2, 0) is 9.47 Å². The van der Waals surface area contributed by atoms with Crippen molar-refractivity contribution in [2.24, 2.45) is 22.7 Å². The summed E-state index contributed by atoms with van der Waals surface area (Å²) in [6, 6.07) is 0. The molecule has 0 aromatic carbocycles. The van der Waals surface area contributed by atoms with Gasteiger partial charge in [-0.05, 0) is 73.7 Å². The van der Waals surface area contributed by atoms with Crippen LogP contribution in [0, 0.1) is 22.7 Å². The minimum absolute atomic E-state index is 0.0186. The molecule has 9 nitrogen and oxygen atoms in total. The van der Waals surface area contributed by atoms with Gasteiger partial charge in [-0.3, -0.25) is 0 Å². The van der Waals surface area contributed by atoms with Crippen molar-refractivity contribution in [3.05, 3.63) is 11.6 Å². The van der Waals surface area contributed by atoms with Gasteiger partial charge in [-0.25, -0.2) is 0 Å². The van der Waals surface area contributed by atoms with Gasteiger partial charge in [0.25, 0.3) is 0 Å². The molecule has 3 fully saturated rings. The fourth-order valence-corrected chi connectivity index (χ4v) is 7.43. The summed E-state index contributed by atoms with van der Waals surface area (Å²) >= 11 is 0. The molecule has 10 atom stereocenters. The zero-order valence-corrected chi connectivity index (χ0v) is 21.5. The maximum atomic E-state index is 11.4. The van der Waals surface area contributed by atoms with Gasteiger partial charge in [0.1, 0.15) is 24.4 Å². The SMILES string of the molecule is CC1(O)CCC2C(C)(C)C(OC3OC(CO)C(O)C(O)C3O)CCC2(C)C1CCC(=CCO)CO. The fourth-order valence-electron chi connectivity index (χ4n) is 7.43. The molecule has 1 saturated heterocycles. The van der Waals surface area contributed by atoms with Crippen molar-refractivity contribution in [2.75, 3.05) is 19.8 Å². The molecule has 1 heterocycles. The lowest BCUT2D eigenvalue weighted by Gasteiger charge is -2.63. The normalized spacial score (nSPS) is 46.3. The van der Waals surface area contributed by atoms with Gasteiger partial charge in [0, 0.05) is 0 Å². The Balaban J connectivity index is 1.80. The maximum absolute atomic E-state index is 11.4. The van der Waals surface area contributed by atoms with E-state index >= 15 is 0 Å². The van der Waals surface area contributed by atoms with Crippen LogP contribution in [0.1, 0.15) is 66.2 Å². The van der Waals surface area contributed by atoms with E-state index in [2.05, 4.69) is 20.8 Å². The monoisotopic (exact) mass is 502 g/mol. The summed E-state index contributed by atoms with van der Waals surface area (Å²) in [4.78, 5) is 0. The zero-order valence-electron chi connectivity index (χ0n) is 21.5. The highest BCUT2D eigenvalue weighted by atomic mass is 16.7. The standard InChI is InChI=1S/C26H46O9/c1-24(2)17-7-11-26(4,33)18(6-5-15(13-28)9-12-27)25(17,3)10-8-19(24)35-23-22(32)21(31)20(30)16(14-29)34-23/h9,16-23,27-33H,5-8,10-14H2,1-4H3. The van der Waals surface area contributed by atoms with Gasteiger partial charge in [-0.1, -0.05) is 26.8 Å². The Bertz CT molecular complexity index is 736. The third-order valence-corrected chi connectivity index (χ3v) is 9.44. The van der Waals surface area contributed by atoms with Crippen LogP contribution in [0.15, 0.2) is 11.6 Å². The molecule has 9 heteroatoms. The Morgan fingerprint density at radius 2 is 1.66 bits per heavy atom. The predicted octanol–water partition coefficient (Wildman–Crippen LogP) is 0.466. The van der Waals surface area contributed by atoms with Gasteiger partial charge in [-0.15, -0.1) is 0 Å². The molecule has 3 rings (SSSR count). The fraction of sp³-hybridized carbons (Fsp3) is 0.923. The van der Waals surface area contributed by atoms with E-state index in [4.69, 9.17) is 9.47 Å². The van der Waals surface area contributed by atoms with Crippen LogP contribution in [0.5, 0.6) is 0 Å². The molecule has 0 aromatic rings. The van der Waals surface area contributed by atoms with Crippen LogP contribution < -0.4 is 0 Å². The Morgan fingerprint density at radius 3 is 2.26 bits per heavy atom. The van der Waals surface area contributed by atoms with Crippen molar-refractivity contribution in [1.29, 1.82) is 0 Å². The minimum Gasteiger partial charge on any atom is -0.394 e. The van der Waals surface area contributed by atoms with Crippen LogP contribution in [0.25, 0.3) is 0 Å². The Kier molecular flexibility index (Phi) is 9.10. The van der Waals surface area contributed by atoms with E-state index in [0.717, 1.165) is 18.4 Å². The van der Waals surface area contributed by atoms with Crippen molar-refractivity contribution >= 4 is 0 Å². The van der Waals surface area contributed by atoms with E-state index in [1.54, 1.807) is 6.08 Å². The highest BCUT2D eigenvalue weighted by Gasteiger charge is 2.61. The first-order valence-corrected chi connectivity index (χ1v) is 12.9. The summed E-state index contributed by atoms with van der Waals surface area (Å²) in [6.45, 7) is 7.65. The summed E-state index contributed by atoms with van der Waals surface area (Å²) in [5.41, 5.74) is -0.624. The molecule has 35 heavy (non-hydrogen) atoms. The van der Waals surface area contributed by atoms with E-state index in [-0.39, 0.29) is 42.0 Å². The first-order valence-electron chi connectivity index (χ1n) is 12.9. The van der Waals surface area contributed by atoms with Crippen molar-refractivity contribution in [3.63, 3.8) is 0 Å². The molecular weight excluding hydrogens is 456 g/mol. The first-order chi connectivity index (χ1) is 16.3. The number of ether oxygens (including phenoxy) is 2. The Hall–Kier alpha value is -0.620. The lowest BCUT2D eigenvalue weighted by atomic mass is 9.44. The second-order valence-corrected chi connectivity index (χ2v) is 11.9. The van der Waals surface area contributed by atoms with Crippen molar-refractivity contribution in [3.8, 4) is 0 Å². The van der Waals surface area contributed by atoms with E-state index in [1.165, 1.54) is 0 Å². The molecule has 10 unspecified atom stereocenters. The third-order valence-electron chi connectivity index (χ3n) is 9.44. The molecule has 0 spiro atoms. The van der Waals surface area contributed by atoms with Crippen LogP contribution in [0.3, 0.4) is 0 Å². The van der Waals surface area contributed by atoms with Gasteiger partial charge in [-0.2, -0.15) is 0 Å². The maximum Gasteiger partial charge on any atom is 0.186 e. The number of hydrogen-bond acceptors (Lipinski definition) is 9. The molecule has 7 N–H and O–H groups in total. The van der Waals surface area contributed by atoms with Crippen molar-refractivity contribution in [1.82, 2.24) is 0 Å². The van der Waals surface area contributed by atoms with E-state index in [9.17, 15) is 35.7 Å². The molecule has 204 valence electrons. The first kappa shape index (κ1) is 28.9. The lowest BCUT2D eigenvalue weighted by molar-refractivity contribution is -0.329. The van der Waals surface area contributed by atoms with Gasteiger partial charge in [0.15, 0.2) is 6.29 Å². The van der Waals surface area contributed by atoms with Crippen LogP contribution in [-0.4, -0.2) is 98.0 Å². The Labute approximate surface area is 208 Å². The summed E-state index contributed by atoms with van der Waals surface area (Å²) in [5.74, 6) is 0.179. The van der Waals surface area contributed by atoms with Gasteiger partial charge < -0.3 is 45.2 Å². The molecule has 0 amide bonds. The third kappa shape index (κ3) is 5.49. The average molecular weight is 503 g/mol. The molecule has 0 aromatic heterocycles. The second kappa shape index (κ2) is 11.0. The Morgan fingerprint density at radius 1 is 0.971 bits per heavy atom.